The molecule has 2 aromatic rings. The summed E-state index contributed by atoms with van der Waals surface area (Å²) in [5, 5.41) is 9.60. The van der Waals surface area contributed by atoms with Crippen molar-refractivity contribution in [1.82, 2.24) is 4.90 Å². The second-order valence-electron chi connectivity index (χ2n) is 5.57. The number of carbonyl (C=O) groups is 2. The van der Waals surface area contributed by atoms with Gasteiger partial charge in [-0.15, -0.1) is 0 Å². The fraction of sp³-hybridized carbons (Fsp3) is 0.222. The molecule has 1 atom stereocenters. The summed E-state index contributed by atoms with van der Waals surface area (Å²) in [6, 6.07) is 13.7. The van der Waals surface area contributed by atoms with E-state index < -0.39 is 18.1 Å². The summed E-state index contributed by atoms with van der Waals surface area (Å²) in [5.41, 5.74) is 2.43. The number of amides is 1. The van der Waals surface area contributed by atoms with E-state index in [-0.39, 0.29) is 6.61 Å². The van der Waals surface area contributed by atoms with Crippen molar-refractivity contribution in [1.29, 1.82) is 0 Å². The quantitative estimate of drug-likeness (QED) is 0.867. The molecule has 1 aliphatic rings. The average Bonchev–Trinajstić information content (AvgIpc) is 2.59. The molecule has 3 rings (SSSR count). The average molecular weight is 390 g/mol. The normalized spacial score (nSPS) is 16.4. The van der Waals surface area contributed by atoms with E-state index in [4.69, 9.17) is 4.74 Å². The SMILES string of the molecule is O=C(O)[C@@H]1c2ccc(Br)cc2CCN1C(=O)OCc1ccccc1. The molecule has 0 saturated carbocycles. The van der Waals surface area contributed by atoms with E-state index in [1.807, 2.05) is 36.4 Å². The molecule has 0 aromatic heterocycles. The van der Waals surface area contributed by atoms with Crippen molar-refractivity contribution < 1.29 is 19.4 Å². The number of carboxylic acid groups (broad SMARTS) is 1. The Balaban J connectivity index is 1.78. The number of hydrogen-bond donors (Lipinski definition) is 1. The fourth-order valence-corrected chi connectivity index (χ4v) is 3.27. The summed E-state index contributed by atoms with van der Waals surface area (Å²) in [5.74, 6) is -1.06. The van der Waals surface area contributed by atoms with E-state index in [1.165, 1.54) is 4.90 Å². The van der Waals surface area contributed by atoms with Crippen LogP contribution in [0.3, 0.4) is 0 Å². The van der Waals surface area contributed by atoms with E-state index >= 15 is 0 Å². The highest BCUT2D eigenvalue weighted by atomic mass is 79.9. The van der Waals surface area contributed by atoms with Gasteiger partial charge in [0.2, 0.25) is 0 Å². The first-order chi connectivity index (χ1) is 11.6. The van der Waals surface area contributed by atoms with Crippen LogP contribution in [-0.2, 0) is 22.6 Å². The molecule has 0 radical (unpaired) electrons. The van der Waals surface area contributed by atoms with Crippen LogP contribution in [0.5, 0.6) is 0 Å². The number of benzene rings is 2. The standard InChI is InChI=1S/C18H16BrNO4/c19-14-6-7-15-13(10-14)8-9-20(16(15)17(21)22)18(23)24-11-12-4-2-1-3-5-12/h1-7,10,16H,8-9,11H2,(H,21,22)/t16-/m0/s1. The third-order valence-electron chi connectivity index (χ3n) is 4.01. The third-order valence-corrected chi connectivity index (χ3v) is 4.50. The summed E-state index contributed by atoms with van der Waals surface area (Å²) < 4.78 is 6.20. The lowest BCUT2D eigenvalue weighted by Gasteiger charge is -2.34. The maximum atomic E-state index is 12.4. The fourth-order valence-electron chi connectivity index (χ4n) is 2.86. The van der Waals surface area contributed by atoms with Crippen LogP contribution in [0.25, 0.3) is 0 Å². The highest BCUT2D eigenvalue weighted by Gasteiger charge is 2.36. The van der Waals surface area contributed by atoms with Gasteiger partial charge in [0.05, 0.1) is 0 Å². The van der Waals surface area contributed by atoms with Crippen molar-refractivity contribution in [3.05, 3.63) is 69.7 Å². The van der Waals surface area contributed by atoms with Gasteiger partial charge in [0, 0.05) is 11.0 Å². The number of fused-ring (bicyclic) bond motifs is 1. The maximum Gasteiger partial charge on any atom is 0.411 e. The molecule has 1 heterocycles. The minimum atomic E-state index is -1.06. The molecule has 124 valence electrons. The van der Waals surface area contributed by atoms with E-state index in [0.717, 1.165) is 15.6 Å². The van der Waals surface area contributed by atoms with Crippen LogP contribution < -0.4 is 0 Å². The smallest absolute Gasteiger partial charge is 0.411 e. The second kappa shape index (κ2) is 7.05. The summed E-state index contributed by atoms with van der Waals surface area (Å²) >= 11 is 3.39. The van der Waals surface area contributed by atoms with Crippen LogP contribution >= 0.6 is 15.9 Å². The third kappa shape index (κ3) is 3.43. The Morgan fingerprint density at radius 2 is 1.96 bits per heavy atom. The molecule has 0 fully saturated rings. The molecule has 1 amide bonds. The van der Waals surface area contributed by atoms with Crippen molar-refractivity contribution in [2.45, 2.75) is 19.1 Å². The number of rotatable bonds is 3. The van der Waals surface area contributed by atoms with Gasteiger partial charge in [-0.25, -0.2) is 9.59 Å². The predicted molar refractivity (Wildman–Crippen MR) is 91.6 cm³/mol. The van der Waals surface area contributed by atoms with Crippen LogP contribution in [0.2, 0.25) is 0 Å². The molecule has 6 heteroatoms. The minimum absolute atomic E-state index is 0.121. The van der Waals surface area contributed by atoms with Crippen molar-refractivity contribution in [3.63, 3.8) is 0 Å². The molecule has 1 N–H and O–H groups in total. The lowest BCUT2D eigenvalue weighted by molar-refractivity contribution is -0.143. The number of hydrogen-bond acceptors (Lipinski definition) is 3. The van der Waals surface area contributed by atoms with Gasteiger partial charge in [-0.1, -0.05) is 52.3 Å². The van der Waals surface area contributed by atoms with E-state index in [2.05, 4.69) is 15.9 Å². The zero-order chi connectivity index (χ0) is 17.1. The summed E-state index contributed by atoms with van der Waals surface area (Å²) in [6.45, 7) is 0.434. The van der Waals surface area contributed by atoms with Crippen molar-refractivity contribution in [2.24, 2.45) is 0 Å². The Hall–Kier alpha value is -2.34. The number of nitrogens with zero attached hydrogens (tertiary/aromatic N) is 1. The topological polar surface area (TPSA) is 66.8 Å². The minimum Gasteiger partial charge on any atom is -0.479 e. The van der Waals surface area contributed by atoms with E-state index in [1.54, 1.807) is 12.1 Å². The first kappa shape index (κ1) is 16.5. The van der Waals surface area contributed by atoms with Crippen LogP contribution in [0, 0.1) is 0 Å². The number of carboxylic acids is 1. The first-order valence-electron chi connectivity index (χ1n) is 7.54. The zero-order valence-corrected chi connectivity index (χ0v) is 14.4. The zero-order valence-electron chi connectivity index (χ0n) is 12.8. The molecule has 0 spiro atoms. The Morgan fingerprint density at radius 3 is 2.67 bits per heavy atom. The highest BCUT2D eigenvalue weighted by molar-refractivity contribution is 9.10. The van der Waals surface area contributed by atoms with E-state index in [9.17, 15) is 14.7 Å². The molecular formula is C18H16BrNO4. The monoisotopic (exact) mass is 389 g/mol. The second-order valence-corrected chi connectivity index (χ2v) is 6.48. The maximum absolute atomic E-state index is 12.4. The largest absolute Gasteiger partial charge is 0.479 e. The molecule has 24 heavy (non-hydrogen) atoms. The Bertz CT molecular complexity index is 763. The van der Waals surface area contributed by atoms with Gasteiger partial charge in [-0.05, 0) is 35.2 Å². The summed E-state index contributed by atoms with van der Waals surface area (Å²) in [4.78, 5) is 25.4. The molecule has 0 unspecified atom stereocenters. The van der Waals surface area contributed by atoms with Gasteiger partial charge in [-0.3, -0.25) is 4.90 Å². The van der Waals surface area contributed by atoms with Gasteiger partial charge in [0.25, 0.3) is 0 Å². The lowest BCUT2D eigenvalue weighted by atomic mass is 9.93. The van der Waals surface area contributed by atoms with Crippen LogP contribution in [0.1, 0.15) is 22.7 Å². The lowest BCUT2D eigenvalue weighted by Crippen LogP contribution is -2.43. The van der Waals surface area contributed by atoms with Gasteiger partial charge in [0.1, 0.15) is 6.61 Å². The molecular weight excluding hydrogens is 374 g/mol. The molecule has 2 aromatic carbocycles. The molecule has 1 aliphatic heterocycles. The van der Waals surface area contributed by atoms with Crippen molar-refractivity contribution in [3.8, 4) is 0 Å². The summed E-state index contributed by atoms with van der Waals surface area (Å²) in [6.07, 6.45) is -0.0151. The van der Waals surface area contributed by atoms with Crippen LogP contribution in [-0.4, -0.2) is 28.6 Å². The van der Waals surface area contributed by atoms with Gasteiger partial charge < -0.3 is 9.84 Å². The van der Waals surface area contributed by atoms with Gasteiger partial charge in [-0.2, -0.15) is 0 Å². The molecule has 0 aliphatic carbocycles. The van der Waals surface area contributed by atoms with Crippen LogP contribution in [0.15, 0.2) is 53.0 Å². The van der Waals surface area contributed by atoms with Crippen molar-refractivity contribution in [2.75, 3.05) is 6.54 Å². The molecule has 5 nitrogen and oxygen atoms in total. The number of carbonyl (C=O) groups excluding carboxylic acids is 1. The molecule has 0 bridgehead atoms. The first-order valence-corrected chi connectivity index (χ1v) is 8.34. The highest BCUT2D eigenvalue weighted by Crippen LogP contribution is 2.32. The number of ether oxygens (including phenoxy) is 1. The Kier molecular flexibility index (Phi) is 4.85. The van der Waals surface area contributed by atoms with Gasteiger partial charge in [0.15, 0.2) is 6.04 Å². The summed E-state index contributed by atoms with van der Waals surface area (Å²) in [7, 11) is 0. The van der Waals surface area contributed by atoms with Gasteiger partial charge >= 0.3 is 12.1 Å². The molecule has 0 saturated heterocycles. The Labute approximate surface area is 148 Å². The van der Waals surface area contributed by atoms with Crippen LogP contribution in [0.4, 0.5) is 4.79 Å². The number of aliphatic carboxylic acids is 1. The van der Waals surface area contributed by atoms with E-state index in [0.29, 0.717) is 18.5 Å². The number of halogens is 1. The van der Waals surface area contributed by atoms with Crippen molar-refractivity contribution >= 4 is 28.0 Å². The Morgan fingerprint density at radius 1 is 1.21 bits per heavy atom. The predicted octanol–water partition coefficient (Wildman–Crippen LogP) is 3.77.